The second kappa shape index (κ2) is 8.13. The number of hydrogen-bond donors (Lipinski definition) is 0. The van der Waals surface area contributed by atoms with Crippen molar-refractivity contribution in [3.8, 4) is 16.8 Å². The molecule has 1 saturated carbocycles. The van der Waals surface area contributed by atoms with Crippen molar-refractivity contribution in [2.45, 2.75) is 58.9 Å². The molecule has 0 radical (unpaired) electrons. The normalized spacial score (nSPS) is 14.6. The lowest BCUT2D eigenvalue weighted by Crippen LogP contribution is -2.19. The van der Waals surface area contributed by atoms with E-state index < -0.39 is 0 Å². The molecule has 0 aromatic carbocycles. The average Bonchev–Trinajstić information content (AvgIpc) is 3.36. The number of rotatable bonds is 6. The highest BCUT2D eigenvalue weighted by molar-refractivity contribution is 5.65. The Balaban J connectivity index is 1.57. The van der Waals surface area contributed by atoms with E-state index in [9.17, 15) is 4.79 Å². The minimum absolute atomic E-state index is 0.0240. The monoisotopic (exact) mass is 376 g/mol. The summed E-state index contributed by atoms with van der Waals surface area (Å²) in [5, 5.41) is 4.51. The average molecular weight is 377 g/mol. The van der Waals surface area contributed by atoms with Gasteiger partial charge in [-0.2, -0.15) is 5.10 Å². The lowest BCUT2D eigenvalue weighted by atomic mass is 9.99. The SMILES string of the molecule is CCCn1cc(-n2cc(-c3cnc(CC4CCCC4)cc3C)cn2)ccc1=O. The molecule has 3 aromatic heterocycles. The molecule has 0 N–H and O–H groups in total. The zero-order chi connectivity index (χ0) is 19.5. The fourth-order valence-corrected chi connectivity index (χ4v) is 4.21. The Hall–Kier alpha value is -2.69. The maximum absolute atomic E-state index is 11.9. The van der Waals surface area contributed by atoms with Gasteiger partial charge in [0.05, 0.1) is 11.9 Å². The van der Waals surface area contributed by atoms with Gasteiger partial charge in [0.15, 0.2) is 0 Å². The first kappa shape index (κ1) is 18.7. The highest BCUT2D eigenvalue weighted by Crippen LogP contribution is 2.29. The Morgan fingerprint density at radius 2 is 1.96 bits per heavy atom. The summed E-state index contributed by atoms with van der Waals surface area (Å²) in [5.74, 6) is 0.805. The van der Waals surface area contributed by atoms with Crippen molar-refractivity contribution in [3.05, 3.63) is 64.6 Å². The van der Waals surface area contributed by atoms with Crippen LogP contribution in [-0.4, -0.2) is 19.3 Å². The van der Waals surface area contributed by atoms with Crippen LogP contribution in [0.4, 0.5) is 0 Å². The van der Waals surface area contributed by atoms with Gasteiger partial charge in [-0.1, -0.05) is 32.6 Å². The molecule has 1 aliphatic rings. The predicted molar refractivity (Wildman–Crippen MR) is 112 cm³/mol. The fourth-order valence-electron chi connectivity index (χ4n) is 4.21. The van der Waals surface area contributed by atoms with Crippen LogP contribution in [-0.2, 0) is 13.0 Å². The van der Waals surface area contributed by atoms with Crippen molar-refractivity contribution in [1.82, 2.24) is 19.3 Å². The third-order valence-corrected chi connectivity index (χ3v) is 5.73. The topological polar surface area (TPSA) is 52.7 Å². The van der Waals surface area contributed by atoms with Crippen LogP contribution in [0, 0.1) is 12.8 Å². The molecule has 0 aliphatic heterocycles. The summed E-state index contributed by atoms with van der Waals surface area (Å²) >= 11 is 0. The number of nitrogens with zero attached hydrogens (tertiary/aromatic N) is 4. The van der Waals surface area contributed by atoms with Gasteiger partial charge in [0.1, 0.15) is 0 Å². The largest absolute Gasteiger partial charge is 0.313 e. The minimum Gasteiger partial charge on any atom is -0.313 e. The molecular formula is C23H28N4O. The summed E-state index contributed by atoms with van der Waals surface area (Å²) in [7, 11) is 0. The second-order valence-corrected chi connectivity index (χ2v) is 7.94. The summed E-state index contributed by atoms with van der Waals surface area (Å²) in [5.41, 5.74) is 5.51. The number of pyridine rings is 2. The van der Waals surface area contributed by atoms with Crippen LogP contribution < -0.4 is 5.56 Å². The molecule has 3 heterocycles. The van der Waals surface area contributed by atoms with E-state index in [1.807, 2.05) is 35.5 Å². The molecule has 0 saturated heterocycles. The lowest BCUT2D eigenvalue weighted by molar-refractivity contribution is 0.539. The van der Waals surface area contributed by atoms with E-state index in [4.69, 9.17) is 4.98 Å². The van der Waals surface area contributed by atoms with E-state index >= 15 is 0 Å². The molecule has 146 valence electrons. The summed E-state index contributed by atoms with van der Waals surface area (Å²) in [6.45, 7) is 4.93. The Morgan fingerprint density at radius 3 is 2.71 bits per heavy atom. The maximum atomic E-state index is 11.9. The van der Waals surface area contributed by atoms with Crippen LogP contribution in [0.3, 0.4) is 0 Å². The molecule has 0 unspecified atom stereocenters. The molecular weight excluding hydrogens is 348 g/mol. The number of aromatic nitrogens is 4. The molecule has 4 rings (SSSR count). The number of aryl methyl sites for hydroxylation is 2. The maximum Gasteiger partial charge on any atom is 0.250 e. The van der Waals surface area contributed by atoms with Crippen LogP contribution in [0.5, 0.6) is 0 Å². The van der Waals surface area contributed by atoms with Crippen LogP contribution in [0.15, 0.2) is 47.8 Å². The van der Waals surface area contributed by atoms with Gasteiger partial charge in [-0.25, -0.2) is 4.68 Å². The Kier molecular flexibility index (Phi) is 5.42. The van der Waals surface area contributed by atoms with Gasteiger partial charge < -0.3 is 4.57 Å². The smallest absolute Gasteiger partial charge is 0.250 e. The zero-order valence-corrected chi connectivity index (χ0v) is 16.8. The molecule has 0 spiro atoms. The van der Waals surface area contributed by atoms with E-state index in [0.29, 0.717) is 6.54 Å². The van der Waals surface area contributed by atoms with Crippen LogP contribution in [0.2, 0.25) is 0 Å². The Labute approximate surface area is 166 Å². The molecule has 3 aromatic rings. The highest BCUT2D eigenvalue weighted by atomic mass is 16.1. The van der Waals surface area contributed by atoms with Crippen LogP contribution >= 0.6 is 0 Å². The van der Waals surface area contributed by atoms with Gasteiger partial charge >= 0.3 is 0 Å². The first-order valence-electron chi connectivity index (χ1n) is 10.4. The quantitative estimate of drug-likeness (QED) is 0.634. The number of hydrogen-bond acceptors (Lipinski definition) is 3. The van der Waals surface area contributed by atoms with E-state index in [2.05, 4.69) is 25.0 Å². The predicted octanol–water partition coefficient (Wildman–Crippen LogP) is 4.55. The fraction of sp³-hybridized carbons (Fsp3) is 0.435. The van der Waals surface area contributed by atoms with Gasteiger partial charge in [0, 0.05) is 48.0 Å². The van der Waals surface area contributed by atoms with Gasteiger partial charge in [-0.3, -0.25) is 9.78 Å². The molecule has 5 heteroatoms. The van der Waals surface area contributed by atoms with Crippen molar-refractivity contribution < 1.29 is 0 Å². The molecule has 5 nitrogen and oxygen atoms in total. The molecule has 1 aliphatic carbocycles. The summed E-state index contributed by atoms with van der Waals surface area (Å²) < 4.78 is 3.56. The van der Waals surface area contributed by atoms with Gasteiger partial charge in [-0.15, -0.1) is 0 Å². The van der Waals surface area contributed by atoms with Gasteiger partial charge in [0.25, 0.3) is 5.56 Å². The first-order chi connectivity index (χ1) is 13.6. The Bertz CT molecular complexity index is 1010. The van der Waals surface area contributed by atoms with Gasteiger partial charge in [0.2, 0.25) is 0 Å². The van der Waals surface area contributed by atoms with Crippen molar-refractivity contribution >= 4 is 0 Å². The molecule has 28 heavy (non-hydrogen) atoms. The summed E-state index contributed by atoms with van der Waals surface area (Å²) in [6, 6.07) is 5.66. The third kappa shape index (κ3) is 3.93. The van der Waals surface area contributed by atoms with Crippen LogP contribution in [0.25, 0.3) is 16.8 Å². The summed E-state index contributed by atoms with van der Waals surface area (Å²) in [4.78, 5) is 16.7. The highest BCUT2D eigenvalue weighted by Gasteiger charge is 2.17. The van der Waals surface area contributed by atoms with E-state index in [-0.39, 0.29) is 5.56 Å². The minimum atomic E-state index is 0.0240. The second-order valence-electron chi connectivity index (χ2n) is 7.94. The van der Waals surface area contributed by atoms with Crippen molar-refractivity contribution in [2.75, 3.05) is 0 Å². The zero-order valence-electron chi connectivity index (χ0n) is 16.8. The third-order valence-electron chi connectivity index (χ3n) is 5.73. The van der Waals surface area contributed by atoms with Crippen molar-refractivity contribution in [1.29, 1.82) is 0 Å². The van der Waals surface area contributed by atoms with E-state index in [1.54, 1.807) is 10.6 Å². The van der Waals surface area contributed by atoms with E-state index in [0.717, 1.165) is 35.6 Å². The Morgan fingerprint density at radius 1 is 1.14 bits per heavy atom. The molecule has 0 amide bonds. The van der Waals surface area contributed by atoms with Crippen molar-refractivity contribution in [2.24, 2.45) is 5.92 Å². The van der Waals surface area contributed by atoms with Gasteiger partial charge in [-0.05, 0) is 43.4 Å². The molecule has 1 fully saturated rings. The lowest BCUT2D eigenvalue weighted by Gasteiger charge is -2.10. The molecule has 0 atom stereocenters. The van der Waals surface area contributed by atoms with E-state index in [1.165, 1.54) is 36.9 Å². The standard InChI is InChI=1S/C23H28N4O/c1-3-10-26-16-21(8-9-23(26)28)27-15-19(13-25-27)22-14-24-20(11-17(22)2)12-18-6-4-5-7-18/h8-9,11,13-16,18H,3-7,10,12H2,1-2H3. The summed E-state index contributed by atoms with van der Waals surface area (Å²) in [6.07, 6.45) is 15.2. The van der Waals surface area contributed by atoms with Crippen molar-refractivity contribution in [3.63, 3.8) is 0 Å². The van der Waals surface area contributed by atoms with Crippen LogP contribution in [0.1, 0.15) is 50.3 Å². The molecule has 0 bridgehead atoms. The first-order valence-corrected chi connectivity index (χ1v) is 10.4.